The van der Waals surface area contributed by atoms with Gasteiger partial charge in [-0.25, -0.2) is 4.57 Å². The summed E-state index contributed by atoms with van der Waals surface area (Å²) < 4.78 is 33.6. The Kier molecular flexibility index (Phi) is 38.1. The number of ether oxygens (including phenoxy) is 2. The summed E-state index contributed by atoms with van der Waals surface area (Å²) in [5.41, 5.74) is 0. The number of rotatable bonds is 43. The van der Waals surface area contributed by atoms with Crippen molar-refractivity contribution >= 4 is 19.8 Å². The van der Waals surface area contributed by atoms with Gasteiger partial charge < -0.3 is 39.9 Å². The minimum atomic E-state index is -5.12. The number of phosphoric acid groups is 1. The third kappa shape index (κ3) is 32.1. The van der Waals surface area contributed by atoms with Crippen molar-refractivity contribution in [2.45, 2.75) is 268 Å². The minimum Gasteiger partial charge on any atom is -0.462 e. The predicted molar refractivity (Wildman–Crippen MR) is 254 cm³/mol. The number of esters is 2. The average molecular weight is 933 g/mol. The quantitative estimate of drug-likeness (QED) is 0.0146. The van der Waals surface area contributed by atoms with Gasteiger partial charge in [0.15, 0.2) is 6.10 Å². The van der Waals surface area contributed by atoms with Crippen LogP contribution in [0.1, 0.15) is 226 Å². The molecule has 6 N–H and O–H groups in total. The van der Waals surface area contributed by atoms with E-state index < -0.39 is 75.7 Å². The number of phosphoric ester groups is 1. The van der Waals surface area contributed by atoms with Crippen LogP contribution in [-0.4, -0.2) is 98.3 Å². The maximum atomic E-state index is 12.8. The largest absolute Gasteiger partial charge is 0.472 e. The first-order valence-corrected chi connectivity index (χ1v) is 27.1. The summed E-state index contributed by atoms with van der Waals surface area (Å²) in [6.07, 6.45) is 32.3. The van der Waals surface area contributed by atoms with Crippen LogP contribution in [0.15, 0.2) is 24.3 Å². The van der Waals surface area contributed by atoms with Crippen molar-refractivity contribution in [2.24, 2.45) is 0 Å². The Balaban J connectivity index is 2.36. The summed E-state index contributed by atoms with van der Waals surface area (Å²) in [5.74, 6) is -1.09. The van der Waals surface area contributed by atoms with Gasteiger partial charge in [0.05, 0.1) is 6.61 Å². The first-order chi connectivity index (χ1) is 30.9. The van der Waals surface area contributed by atoms with Crippen molar-refractivity contribution in [3.8, 4) is 0 Å². The van der Waals surface area contributed by atoms with E-state index in [1.165, 1.54) is 128 Å². The summed E-state index contributed by atoms with van der Waals surface area (Å²) in [7, 11) is -5.12. The van der Waals surface area contributed by atoms with Crippen LogP contribution in [-0.2, 0) is 32.7 Å². The van der Waals surface area contributed by atoms with Crippen molar-refractivity contribution in [2.75, 3.05) is 13.2 Å². The molecule has 14 heteroatoms. The first kappa shape index (κ1) is 60.3. The molecule has 0 aromatic heterocycles. The Morgan fingerprint density at radius 3 is 1.27 bits per heavy atom. The molecule has 0 aromatic carbocycles. The Morgan fingerprint density at radius 1 is 0.484 bits per heavy atom. The highest BCUT2D eigenvalue weighted by Gasteiger charge is 2.51. The Morgan fingerprint density at radius 2 is 0.844 bits per heavy atom. The third-order valence-electron chi connectivity index (χ3n) is 12.0. The number of allylic oxidation sites excluding steroid dienone is 4. The minimum absolute atomic E-state index is 0.0975. The van der Waals surface area contributed by atoms with Gasteiger partial charge in [-0.2, -0.15) is 0 Å². The molecule has 1 saturated carbocycles. The van der Waals surface area contributed by atoms with Crippen LogP contribution in [0, 0.1) is 0 Å². The smallest absolute Gasteiger partial charge is 0.462 e. The van der Waals surface area contributed by atoms with Crippen molar-refractivity contribution in [1.29, 1.82) is 0 Å². The summed E-state index contributed by atoms with van der Waals surface area (Å²) >= 11 is 0. The van der Waals surface area contributed by atoms with E-state index in [4.69, 9.17) is 18.5 Å². The Labute approximate surface area is 387 Å². The molecular formula is C50H93O13P. The van der Waals surface area contributed by atoms with Crippen LogP contribution >= 0.6 is 7.82 Å². The van der Waals surface area contributed by atoms with E-state index in [1.807, 2.05) is 0 Å². The molecule has 13 nitrogen and oxygen atoms in total. The lowest BCUT2D eigenvalue weighted by atomic mass is 9.85. The highest BCUT2D eigenvalue weighted by molar-refractivity contribution is 7.47. The van der Waals surface area contributed by atoms with Crippen LogP contribution in [0.2, 0.25) is 0 Å². The second kappa shape index (κ2) is 40.4. The molecule has 64 heavy (non-hydrogen) atoms. The zero-order chi connectivity index (χ0) is 47.1. The number of carbonyl (C=O) groups excluding carboxylic acids is 2. The van der Waals surface area contributed by atoms with E-state index in [1.54, 1.807) is 0 Å². The molecule has 1 rings (SSSR count). The highest BCUT2D eigenvalue weighted by atomic mass is 31.2. The van der Waals surface area contributed by atoms with E-state index in [0.29, 0.717) is 12.8 Å². The van der Waals surface area contributed by atoms with Crippen molar-refractivity contribution < 1.29 is 63.1 Å². The molecule has 0 spiro atoms. The molecule has 0 radical (unpaired) electrons. The monoisotopic (exact) mass is 933 g/mol. The standard InChI is InChI=1S/C50H93O13P/c1-3-5-7-9-11-13-15-17-18-19-20-21-22-23-24-25-26-27-29-31-33-35-37-39-44(52)62-42(40-60-43(51)38-36-34-32-30-28-16-14-12-10-8-6-4-2)41-61-64(58,59)63-50-48(56)46(54)45(53)47(55)49(50)57/h15,17,19-20,42,45-50,53-57H,3-14,16,18,21-41H2,1-2H3,(H,58,59)/b17-15-,20-19-. The number of carbonyl (C=O) groups is 2. The van der Waals surface area contributed by atoms with Crippen LogP contribution in [0.5, 0.6) is 0 Å². The molecule has 6 atom stereocenters. The number of hydrogen-bond donors (Lipinski definition) is 6. The first-order valence-electron chi connectivity index (χ1n) is 25.6. The number of aliphatic hydroxyl groups is 5. The highest BCUT2D eigenvalue weighted by Crippen LogP contribution is 2.47. The molecule has 0 amide bonds. The van der Waals surface area contributed by atoms with Gasteiger partial charge in [0.2, 0.25) is 0 Å². The molecular weight excluding hydrogens is 840 g/mol. The number of hydrogen-bond acceptors (Lipinski definition) is 12. The van der Waals surface area contributed by atoms with E-state index in [2.05, 4.69) is 38.2 Å². The molecule has 6 unspecified atom stereocenters. The third-order valence-corrected chi connectivity index (χ3v) is 13.0. The predicted octanol–water partition coefficient (Wildman–Crippen LogP) is 10.8. The van der Waals surface area contributed by atoms with E-state index >= 15 is 0 Å². The van der Waals surface area contributed by atoms with Gasteiger partial charge in [0, 0.05) is 12.8 Å². The number of unbranched alkanes of at least 4 members (excludes halogenated alkanes) is 27. The second-order valence-corrected chi connectivity index (χ2v) is 19.4. The molecule has 1 aliphatic rings. The van der Waals surface area contributed by atoms with Gasteiger partial charge in [-0.05, 0) is 44.9 Å². The Bertz CT molecular complexity index is 1220. The lowest BCUT2D eigenvalue weighted by Gasteiger charge is -2.41. The van der Waals surface area contributed by atoms with Gasteiger partial charge >= 0.3 is 19.8 Å². The van der Waals surface area contributed by atoms with Crippen molar-refractivity contribution in [3.63, 3.8) is 0 Å². The molecule has 1 aliphatic carbocycles. The molecule has 0 bridgehead atoms. The van der Waals surface area contributed by atoms with Crippen LogP contribution in [0.3, 0.4) is 0 Å². The summed E-state index contributed by atoms with van der Waals surface area (Å²) in [6.45, 7) is 3.31. The fourth-order valence-corrected chi connectivity index (χ4v) is 8.88. The SMILES string of the molecule is CCCCCCC/C=C\C/C=C\CCCCCCCCCCCCCC(=O)OC(COC(=O)CCCCCCCCCCCCCC)COP(=O)(O)OC1C(O)C(O)C(O)C(O)C1O. The fourth-order valence-electron chi connectivity index (χ4n) is 7.91. The molecule has 376 valence electrons. The van der Waals surface area contributed by atoms with Gasteiger partial charge in [0.25, 0.3) is 0 Å². The molecule has 1 fully saturated rings. The van der Waals surface area contributed by atoms with Crippen molar-refractivity contribution in [1.82, 2.24) is 0 Å². The molecule has 0 heterocycles. The van der Waals surface area contributed by atoms with Crippen LogP contribution in [0.25, 0.3) is 0 Å². The van der Waals surface area contributed by atoms with E-state index in [0.717, 1.165) is 57.8 Å². The Hall–Kier alpha value is -1.67. The maximum Gasteiger partial charge on any atom is 0.472 e. The lowest BCUT2D eigenvalue weighted by Crippen LogP contribution is -2.64. The zero-order valence-electron chi connectivity index (χ0n) is 40.1. The van der Waals surface area contributed by atoms with Gasteiger partial charge in [0.1, 0.15) is 43.2 Å². The van der Waals surface area contributed by atoms with E-state index in [9.17, 15) is 44.6 Å². The van der Waals surface area contributed by atoms with E-state index in [-0.39, 0.29) is 12.8 Å². The van der Waals surface area contributed by atoms with Crippen LogP contribution in [0.4, 0.5) is 0 Å². The topological polar surface area (TPSA) is 210 Å². The maximum absolute atomic E-state index is 12.8. The van der Waals surface area contributed by atoms with Crippen molar-refractivity contribution in [3.05, 3.63) is 24.3 Å². The van der Waals surface area contributed by atoms with Gasteiger partial charge in [-0.15, -0.1) is 0 Å². The summed E-state index contributed by atoms with van der Waals surface area (Å²) in [4.78, 5) is 35.8. The molecule has 0 saturated heterocycles. The normalized spacial score (nSPS) is 21.7. The van der Waals surface area contributed by atoms with Gasteiger partial charge in [-0.1, -0.05) is 192 Å². The fraction of sp³-hybridized carbons (Fsp3) is 0.880. The molecule has 0 aromatic rings. The zero-order valence-corrected chi connectivity index (χ0v) is 41.0. The lowest BCUT2D eigenvalue weighted by molar-refractivity contribution is -0.220. The van der Waals surface area contributed by atoms with Crippen LogP contribution < -0.4 is 0 Å². The van der Waals surface area contributed by atoms with Gasteiger partial charge in [-0.3, -0.25) is 18.6 Å². The number of aliphatic hydroxyl groups excluding tert-OH is 5. The summed E-state index contributed by atoms with van der Waals surface area (Å²) in [6, 6.07) is 0. The second-order valence-electron chi connectivity index (χ2n) is 18.0. The summed E-state index contributed by atoms with van der Waals surface area (Å²) in [5, 5.41) is 50.2. The molecule has 0 aliphatic heterocycles. The average Bonchev–Trinajstić information content (AvgIpc) is 3.28.